The molecule has 1 aromatic heterocycles. The van der Waals surface area contributed by atoms with Gasteiger partial charge in [0.15, 0.2) is 0 Å². The second kappa shape index (κ2) is 9.08. The van der Waals surface area contributed by atoms with Crippen LogP contribution in [0.1, 0.15) is 18.1 Å². The van der Waals surface area contributed by atoms with E-state index in [1.807, 2.05) is 32.0 Å². The van der Waals surface area contributed by atoms with Crippen molar-refractivity contribution in [2.24, 2.45) is 5.92 Å². The minimum Gasteiger partial charge on any atom is -0.457 e. The van der Waals surface area contributed by atoms with E-state index in [0.29, 0.717) is 18.0 Å². The fourth-order valence-corrected chi connectivity index (χ4v) is 3.34. The maximum atomic E-state index is 12.6. The third-order valence-electron chi connectivity index (χ3n) is 4.31. The van der Waals surface area contributed by atoms with Crippen molar-refractivity contribution in [1.29, 1.82) is 0 Å². The zero-order valence-electron chi connectivity index (χ0n) is 16.8. The molecule has 1 amide bonds. The summed E-state index contributed by atoms with van der Waals surface area (Å²) in [5.74, 6) is 0.162. The van der Waals surface area contributed by atoms with Crippen LogP contribution in [0.5, 0.6) is 11.5 Å². The summed E-state index contributed by atoms with van der Waals surface area (Å²) < 4.78 is 8.31. The van der Waals surface area contributed by atoms with Gasteiger partial charge < -0.3 is 10.1 Å². The molecule has 0 spiro atoms. The first kappa shape index (κ1) is 21.5. The number of nitro benzene ring substituents is 1. The van der Waals surface area contributed by atoms with Crippen LogP contribution < -0.4 is 10.1 Å². The number of nitrogens with zero attached hydrogens (tertiary/aromatic N) is 3. The molecule has 0 aliphatic rings. The van der Waals surface area contributed by atoms with Crippen LogP contribution in [-0.2, 0) is 11.3 Å². The van der Waals surface area contributed by atoms with Crippen LogP contribution >= 0.6 is 15.9 Å². The number of aryl methyl sites for hydroxylation is 2. The summed E-state index contributed by atoms with van der Waals surface area (Å²) in [7, 11) is 0. The van der Waals surface area contributed by atoms with Gasteiger partial charge in [-0.05, 0) is 53.0 Å². The van der Waals surface area contributed by atoms with E-state index in [1.54, 1.807) is 30.1 Å². The normalized spacial score (nSPS) is 11.7. The summed E-state index contributed by atoms with van der Waals surface area (Å²) in [6, 6.07) is 9.90. The minimum absolute atomic E-state index is 0.171. The van der Waals surface area contributed by atoms with Gasteiger partial charge in [-0.1, -0.05) is 13.0 Å². The Hall–Kier alpha value is -3.20. The largest absolute Gasteiger partial charge is 0.457 e. The molecule has 3 aromatic rings. The third kappa shape index (κ3) is 5.66. The van der Waals surface area contributed by atoms with Gasteiger partial charge in [0.25, 0.3) is 5.69 Å². The summed E-state index contributed by atoms with van der Waals surface area (Å²) in [5.41, 5.74) is 2.16. The quantitative estimate of drug-likeness (QED) is 0.374. The Kier molecular flexibility index (Phi) is 6.51. The SMILES string of the molecule is Cc1cc(C)cc(Oc2cc(NC(=O)C(C)Cn3cc(Br)cn3)cc([N+](=O)[O-])c2)c1. The lowest BCUT2D eigenvalue weighted by atomic mass is 10.1. The van der Waals surface area contributed by atoms with Gasteiger partial charge in [0, 0.05) is 18.3 Å². The number of amides is 1. The van der Waals surface area contributed by atoms with Gasteiger partial charge in [0.1, 0.15) is 11.5 Å². The van der Waals surface area contributed by atoms with Crippen LogP contribution in [0, 0.1) is 29.9 Å². The highest BCUT2D eigenvalue weighted by Crippen LogP contribution is 2.31. The molecule has 156 valence electrons. The zero-order chi connectivity index (χ0) is 21.8. The predicted molar refractivity (Wildman–Crippen MR) is 117 cm³/mol. The van der Waals surface area contributed by atoms with Crippen molar-refractivity contribution in [2.75, 3.05) is 5.32 Å². The van der Waals surface area contributed by atoms with Crippen LogP contribution in [0.15, 0.2) is 53.3 Å². The average molecular weight is 473 g/mol. The van der Waals surface area contributed by atoms with Crippen LogP contribution in [0.4, 0.5) is 11.4 Å². The number of hydrogen-bond donors (Lipinski definition) is 1. The Bertz CT molecular complexity index is 1080. The average Bonchev–Trinajstić information content (AvgIpc) is 3.05. The molecule has 0 bridgehead atoms. The number of benzene rings is 2. The Morgan fingerprint density at radius 1 is 1.20 bits per heavy atom. The fraction of sp³-hybridized carbons (Fsp3) is 0.238. The third-order valence-corrected chi connectivity index (χ3v) is 4.72. The zero-order valence-corrected chi connectivity index (χ0v) is 18.3. The van der Waals surface area contributed by atoms with E-state index in [1.165, 1.54) is 12.1 Å². The molecule has 0 radical (unpaired) electrons. The van der Waals surface area contributed by atoms with Crippen LogP contribution in [-0.4, -0.2) is 20.6 Å². The molecule has 3 rings (SSSR count). The maximum absolute atomic E-state index is 12.6. The predicted octanol–water partition coefficient (Wildman–Crippen LogP) is 5.24. The summed E-state index contributed by atoms with van der Waals surface area (Å²) in [5, 5.41) is 18.2. The highest BCUT2D eigenvalue weighted by Gasteiger charge is 2.17. The van der Waals surface area contributed by atoms with Crippen LogP contribution in [0.2, 0.25) is 0 Å². The Morgan fingerprint density at radius 3 is 2.47 bits per heavy atom. The number of nitro groups is 1. The standard InChI is InChI=1S/C21H21BrN4O4/c1-13-4-14(2)6-19(5-13)30-20-8-17(7-18(9-20)26(28)29)24-21(27)15(3)11-25-12-16(22)10-23-25/h4-10,12,15H,11H2,1-3H3,(H,24,27). The van der Waals surface area contributed by atoms with E-state index < -0.39 is 10.8 Å². The van der Waals surface area contributed by atoms with Gasteiger partial charge in [-0.25, -0.2) is 0 Å². The molecule has 0 aliphatic heterocycles. The number of hydrogen-bond acceptors (Lipinski definition) is 5. The van der Waals surface area contributed by atoms with Gasteiger partial charge in [-0.15, -0.1) is 0 Å². The van der Waals surface area contributed by atoms with Crippen molar-refractivity contribution in [3.05, 3.63) is 74.5 Å². The molecule has 2 aromatic carbocycles. The molecule has 0 saturated carbocycles. The molecule has 1 N–H and O–H groups in total. The van der Waals surface area contributed by atoms with Crippen molar-refractivity contribution in [3.63, 3.8) is 0 Å². The van der Waals surface area contributed by atoms with E-state index in [-0.39, 0.29) is 17.3 Å². The van der Waals surface area contributed by atoms with E-state index in [2.05, 4.69) is 26.3 Å². The molecule has 1 heterocycles. The smallest absolute Gasteiger partial charge is 0.275 e. The van der Waals surface area contributed by atoms with Gasteiger partial charge in [-0.3, -0.25) is 19.6 Å². The topological polar surface area (TPSA) is 99.3 Å². The van der Waals surface area contributed by atoms with Crippen molar-refractivity contribution >= 4 is 33.2 Å². The molecule has 0 fully saturated rings. The van der Waals surface area contributed by atoms with E-state index in [4.69, 9.17) is 4.74 Å². The second-order valence-electron chi connectivity index (χ2n) is 7.17. The van der Waals surface area contributed by atoms with Crippen molar-refractivity contribution in [2.45, 2.75) is 27.3 Å². The van der Waals surface area contributed by atoms with E-state index in [0.717, 1.165) is 15.6 Å². The number of nitrogens with one attached hydrogen (secondary N) is 1. The highest BCUT2D eigenvalue weighted by molar-refractivity contribution is 9.10. The number of non-ortho nitro benzene ring substituents is 1. The molecule has 9 heteroatoms. The summed E-state index contributed by atoms with van der Waals surface area (Å²) in [6.07, 6.45) is 3.41. The van der Waals surface area contributed by atoms with Crippen molar-refractivity contribution in [3.8, 4) is 11.5 Å². The molecular weight excluding hydrogens is 452 g/mol. The monoisotopic (exact) mass is 472 g/mol. The Balaban J connectivity index is 1.79. The van der Waals surface area contributed by atoms with Gasteiger partial charge in [0.05, 0.1) is 39.8 Å². The Labute approximate surface area is 182 Å². The molecule has 0 aliphatic carbocycles. The van der Waals surface area contributed by atoms with Crippen LogP contribution in [0.3, 0.4) is 0 Å². The number of anilines is 1. The van der Waals surface area contributed by atoms with Gasteiger partial charge >= 0.3 is 0 Å². The molecule has 30 heavy (non-hydrogen) atoms. The van der Waals surface area contributed by atoms with Crippen molar-refractivity contribution < 1.29 is 14.5 Å². The fourth-order valence-electron chi connectivity index (χ4n) is 3.01. The molecule has 1 unspecified atom stereocenters. The Morgan fingerprint density at radius 2 is 1.87 bits per heavy atom. The van der Waals surface area contributed by atoms with Gasteiger partial charge in [0.2, 0.25) is 5.91 Å². The molecule has 0 saturated heterocycles. The first-order chi connectivity index (χ1) is 14.2. The highest BCUT2D eigenvalue weighted by atomic mass is 79.9. The van der Waals surface area contributed by atoms with E-state index >= 15 is 0 Å². The number of ether oxygens (including phenoxy) is 1. The number of aromatic nitrogens is 2. The number of carbonyl (C=O) groups excluding carboxylic acids is 1. The summed E-state index contributed by atoms with van der Waals surface area (Å²) in [6.45, 7) is 6.02. The van der Waals surface area contributed by atoms with Crippen LogP contribution in [0.25, 0.3) is 0 Å². The maximum Gasteiger partial charge on any atom is 0.275 e. The van der Waals surface area contributed by atoms with E-state index in [9.17, 15) is 14.9 Å². The van der Waals surface area contributed by atoms with Gasteiger partial charge in [-0.2, -0.15) is 5.10 Å². The molecular formula is C21H21BrN4O4. The first-order valence-electron chi connectivity index (χ1n) is 9.24. The number of rotatable bonds is 7. The lowest BCUT2D eigenvalue weighted by Gasteiger charge is -2.14. The van der Waals surface area contributed by atoms with Crippen molar-refractivity contribution in [1.82, 2.24) is 9.78 Å². The summed E-state index contributed by atoms with van der Waals surface area (Å²) >= 11 is 3.32. The molecule has 8 nitrogen and oxygen atoms in total. The second-order valence-corrected chi connectivity index (χ2v) is 8.08. The number of carbonyl (C=O) groups is 1. The number of halogens is 1. The minimum atomic E-state index is -0.519. The lowest BCUT2D eigenvalue weighted by Crippen LogP contribution is -2.24. The molecule has 1 atom stereocenters. The summed E-state index contributed by atoms with van der Waals surface area (Å²) in [4.78, 5) is 23.4. The first-order valence-corrected chi connectivity index (χ1v) is 10.0. The lowest BCUT2D eigenvalue weighted by molar-refractivity contribution is -0.384.